The summed E-state index contributed by atoms with van der Waals surface area (Å²) in [6.45, 7) is 2.02. The Morgan fingerprint density at radius 3 is 2.61 bits per heavy atom. The van der Waals surface area contributed by atoms with Crippen LogP contribution in [0.3, 0.4) is 0 Å². The van der Waals surface area contributed by atoms with E-state index in [2.05, 4.69) is 62.6 Å². The van der Waals surface area contributed by atoms with E-state index in [1.54, 1.807) is 11.3 Å². The molecule has 0 amide bonds. The number of halogens is 1. The summed E-state index contributed by atoms with van der Waals surface area (Å²) in [5.74, 6) is 5.63. The molecule has 5 heteroatoms. The highest BCUT2D eigenvalue weighted by Gasteiger charge is 2.11. The Kier molecular flexibility index (Phi) is 5.11. The van der Waals surface area contributed by atoms with Crippen molar-refractivity contribution in [3.8, 4) is 0 Å². The molecule has 0 spiro atoms. The standard InChI is InChI=1S/C13H16IN3S/c1-9-8-18-13(16-9)7-12(17-15)6-10-2-4-11(14)5-3-10/h2-5,8,12,17H,6-7,15H2,1H3. The molecule has 0 radical (unpaired) electrons. The van der Waals surface area contributed by atoms with E-state index in [4.69, 9.17) is 5.84 Å². The largest absolute Gasteiger partial charge is 0.271 e. The molecule has 96 valence electrons. The van der Waals surface area contributed by atoms with E-state index in [-0.39, 0.29) is 6.04 Å². The van der Waals surface area contributed by atoms with Crippen LogP contribution in [0.1, 0.15) is 16.3 Å². The highest BCUT2D eigenvalue weighted by molar-refractivity contribution is 14.1. The molecule has 18 heavy (non-hydrogen) atoms. The second kappa shape index (κ2) is 6.60. The number of nitrogens with zero attached hydrogens (tertiary/aromatic N) is 1. The van der Waals surface area contributed by atoms with Crippen LogP contribution in [-0.2, 0) is 12.8 Å². The van der Waals surface area contributed by atoms with Crippen molar-refractivity contribution >= 4 is 33.9 Å². The third-order valence-corrected chi connectivity index (χ3v) is 4.43. The number of aryl methyl sites for hydroxylation is 1. The number of thiazole rings is 1. The summed E-state index contributed by atoms with van der Waals surface area (Å²) >= 11 is 4.01. The van der Waals surface area contributed by atoms with Gasteiger partial charge in [0.1, 0.15) is 0 Å². The van der Waals surface area contributed by atoms with Gasteiger partial charge in [-0.3, -0.25) is 11.3 Å². The van der Waals surface area contributed by atoms with E-state index in [1.165, 1.54) is 9.13 Å². The lowest BCUT2D eigenvalue weighted by Crippen LogP contribution is -2.38. The molecule has 0 saturated carbocycles. The smallest absolute Gasteiger partial charge is 0.0944 e. The van der Waals surface area contributed by atoms with E-state index < -0.39 is 0 Å². The van der Waals surface area contributed by atoms with Crippen LogP contribution in [-0.4, -0.2) is 11.0 Å². The molecular weight excluding hydrogens is 357 g/mol. The van der Waals surface area contributed by atoms with Gasteiger partial charge in [0.25, 0.3) is 0 Å². The zero-order valence-corrected chi connectivity index (χ0v) is 13.2. The molecule has 0 aliphatic carbocycles. The van der Waals surface area contributed by atoms with Crippen molar-refractivity contribution in [1.82, 2.24) is 10.4 Å². The number of hydrazine groups is 1. The minimum Gasteiger partial charge on any atom is -0.271 e. The van der Waals surface area contributed by atoms with Crippen LogP contribution in [0.4, 0.5) is 0 Å². The van der Waals surface area contributed by atoms with Gasteiger partial charge < -0.3 is 0 Å². The van der Waals surface area contributed by atoms with Gasteiger partial charge in [-0.15, -0.1) is 11.3 Å². The number of aromatic nitrogens is 1. The Hall–Kier alpha value is -0.500. The molecule has 1 heterocycles. The van der Waals surface area contributed by atoms with Crippen LogP contribution in [0.5, 0.6) is 0 Å². The Labute approximate surface area is 125 Å². The third-order valence-electron chi connectivity index (χ3n) is 2.72. The van der Waals surface area contributed by atoms with Gasteiger partial charge >= 0.3 is 0 Å². The predicted molar refractivity (Wildman–Crippen MR) is 84.5 cm³/mol. The number of rotatable bonds is 5. The van der Waals surface area contributed by atoms with E-state index in [9.17, 15) is 0 Å². The van der Waals surface area contributed by atoms with Crippen LogP contribution < -0.4 is 11.3 Å². The minimum absolute atomic E-state index is 0.232. The second-order valence-corrected chi connectivity index (χ2v) is 6.47. The van der Waals surface area contributed by atoms with Gasteiger partial charge in [-0.05, 0) is 53.6 Å². The first kappa shape index (κ1) is 13.9. The normalized spacial score (nSPS) is 12.6. The average molecular weight is 373 g/mol. The first-order valence-electron chi connectivity index (χ1n) is 5.79. The van der Waals surface area contributed by atoms with Gasteiger partial charge in [0, 0.05) is 27.1 Å². The highest BCUT2D eigenvalue weighted by Crippen LogP contribution is 2.14. The maximum absolute atomic E-state index is 5.63. The fourth-order valence-corrected chi connectivity index (χ4v) is 3.02. The fraction of sp³-hybridized carbons (Fsp3) is 0.308. The van der Waals surface area contributed by atoms with Crippen molar-refractivity contribution in [3.63, 3.8) is 0 Å². The summed E-state index contributed by atoms with van der Waals surface area (Å²) in [6.07, 6.45) is 1.80. The molecule has 1 unspecified atom stereocenters. The van der Waals surface area contributed by atoms with Gasteiger partial charge in [-0.2, -0.15) is 0 Å². The lowest BCUT2D eigenvalue weighted by Gasteiger charge is -2.14. The quantitative estimate of drug-likeness (QED) is 0.481. The lowest BCUT2D eigenvalue weighted by molar-refractivity contribution is 0.521. The molecule has 1 aromatic carbocycles. The molecule has 3 N–H and O–H groups in total. The Morgan fingerprint density at radius 2 is 2.06 bits per heavy atom. The molecule has 0 saturated heterocycles. The number of nitrogens with two attached hydrogens (primary N) is 1. The molecular formula is C13H16IN3S. The summed E-state index contributed by atoms with van der Waals surface area (Å²) in [4.78, 5) is 4.48. The van der Waals surface area contributed by atoms with Crippen LogP contribution >= 0.6 is 33.9 Å². The summed E-state index contributed by atoms with van der Waals surface area (Å²) in [5, 5.41) is 3.22. The van der Waals surface area contributed by atoms with Crippen molar-refractivity contribution in [2.24, 2.45) is 5.84 Å². The molecule has 1 atom stereocenters. The molecule has 1 aromatic heterocycles. The summed E-state index contributed by atoms with van der Waals surface area (Å²) in [6, 6.07) is 8.78. The van der Waals surface area contributed by atoms with Gasteiger partial charge in [0.2, 0.25) is 0 Å². The molecule has 3 nitrogen and oxygen atoms in total. The molecule has 0 aliphatic rings. The van der Waals surface area contributed by atoms with Crippen molar-refractivity contribution in [1.29, 1.82) is 0 Å². The molecule has 2 aromatic rings. The zero-order chi connectivity index (χ0) is 13.0. The Bertz CT molecular complexity index is 495. The lowest BCUT2D eigenvalue weighted by atomic mass is 10.0. The maximum Gasteiger partial charge on any atom is 0.0944 e. The molecule has 2 rings (SSSR count). The SMILES string of the molecule is Cc1csc(CC(Cc2ccc(I)cc2)NN)n1. The van der Waals surface area contributed by atoms with Crippen molar-refractivity contribution in [2.45, 2.75) is 25.8 Å². The third kappa shape index (κ3) is 4.01. The van der Waals surface area contributed by atoms with Crippen molar-refractivity contribution < 1.29 is 0 Å². The molecule has 0 fully saturated rings. The monoisotopic (exact) mass is 373 g/mol. The number of hydrogen-bond donors (Lipinski definition) is 2. The van der Waals surface area contributed by atoms with E-state index in [0.717, 1.165) is 23.5 Å². The number of benzene rings is 1. The minimum atomic E-state index is 0.232. The summed E-state index contributed by atoms with van der Waals surface area (Å²) in [5.41, 5.74) is 5.27. The van der Waals surface area contributed by atoms with Crippen molar-refractivity contribution in [3.05, 3.63) is 49.5 Å². The van der Waals surface area contributed by atoms with Crippen LogP contribution in [0.25, 0.3) is 0 Å². The zero-order valence-electron chi connectivity index (χ0n) is 10.2. The Morgan fingerprint density at radius 1 is 1.33 bits per heavy atom. The van der Waals surface area contributed by atoms with Crippen LogP contribution in [0.2, 0.25) is 0 Å². The number of nitrogens with one attached hydrogen (secondary N) is 1. The predicted octanol–water partition coefficient (Wildman–Crippen LogP) is 2.67. The van der Waals surface area contributed by atoms with Gasteiger partial charge in [-0.1, -0.05) is 12.1 Å². The first-order valence-corrected chi connectivity index (χ1v) is 7.75. The van der Waals surface area contributed by atoms with Gasteiger partial charge in [0.05, 0.1) is 5.01 Å². The summed E-state index contributed by atoms with van der Waals surface area (Å²) < 4.78 is 1.25. The van der Waals surface area contributed by atoms with Gasteiger partial charge in [-0.25, -0.2) is 4.98 Å². The van der Waals surface area contributed by atoms with Crippen LogP contribution in [0.15, 0.2) is 29.6 Å². The topological polar surface area (TPSA) is 50.9 Å². The molecule has 0 aliphatic heterocycles. The summed E-state index contributed by atoms with van der Waals surface area (Å²) in [7, 11) is 0. The van der Waals surface area contributed by atoms with E-state index in [0.29, 0.717) is 0 Å². The second-order valence-electron chi connectivity index (χ2n) is 4.28. The van der Waals surface area contributed by atoms with Crippen LogP contribution in [0, 0.1) is 10.5 Å². The van der Waals surface area contributed by atoms with E-state index in [1.807, 2.05) is 6.92 Å². The first-order chi connectivity index (χ1) is 8.67. The maximum atomic E-state index is 5.63. The Balaban J connectivity index is 1.99. The molecule has 0 bridgehead atoms. The average Bonchev–Trinajstić information content (AvgIpc) is 2.77. The number of hydrogen-bond acceptors (Lipinski definition) is 4. The fourth-order valence-electron chi connectivity index (χ4n) is 1.80. The van der Waals surface area contributed by atoms with E-state index >= 15 is 0 Å². The van der Waals surface area contributed by atoms with Crippen molar-refractivity contribution in [2.75, 3.05) is 0 Å². The highest BCUT2D eigenvalue weighted by atomic mass is 127. The van der Waals surface area contributed by atoms with Gasteiger partial charge in [0.15, 0.2) is 0 Å².